The summed E-state index contributed by atoms with van der Waals surface area (Å²) < 4.78 is 5.92. The zero-order valence-electron chi connectivity index (χ0n) is 19.0. The Morgan fingerprint density at radius 3 is 2.41 bits per heavy atom. The maximum atomic E-state index is 13.4. The lowest BCUT2D eigenvalue weighted by molar-refractivity contribution is -0.384. The fraction of sp³-hybridized carbons (Fsp3) is 0.520. The lowest BCUT2D eigenvalue weighted by Gasteiger charge is -2.45. The molecule has 32 heavy (non-hydrogen) atoms. The van der Waals surface area contributed by atoms with Gasteiger partial charge in [-0.3, -0.25) is 14.9 Å². The Morgan fingerprint density at radius 2 is 1.78 bits per heavy atom. The molecule has 1 saturated carbocycles. The molecule has 0 aromatic heterocycles. The van der Waals surface area contributed by atoms with Gasteiger partial charge in [-0.1, -0.05) is 18.6 Å². The predicted octanol–water partition coefficient (Wildman–Crippen LogP) is 4.95. The molecule has 1 heterocycles. The number of nitro groups is 1. The van der Waals surface area contributed by atoms with Crippen molar-refractivity contribution in [3.05, 3.63) is 62.5 Å². The zero-order chi connectivity index (χ0) is 23.0. The standard InChI is InChI=1S/C25H30N2O5/c1-16-23(24(29)32-19-8-5-4-6-9-19)26(3)20-10-7-11-21(28)22(20)25(16,2)17-12-14-18(15-13-17)27(30)31/h12-15,19H,4-11H2,1-3H3. The second-order valence-electron chi connectivity index (χ2n) is 9.23. The highest BCUT2D eigenvalue weighted by molar-refractivity contribution is 6.02. The number of likely N-dealkylation sites (N-methyl/N-ethyl adjacent to an activating group) is 1. The van der Waals surface area contributed by atoms with E-state index >= 15 is 0 Å². The van der Waals surface area contributed by atoms with Crippen molar-refractivity contribution in [1.82, 2.24) is 4.90 Å². The maximum Gasteiger partial charge on any atom is 0.355 e. The molecular formula is C25H30N2O5. The van der Waals surface area contributed by atoms with Crippen LogP contribution in [0.15, 0.2) is 46.8 Å². The summed E-state index contributed by atoms with van der Waals surface area (Å²) in [7, 11) is 1.84. The fourth-order valence-corrected chi connectivity index (χ4v) is 5.50. The molecule has 2 aliphatic carbocycles. The molecular weight excluding hydrogens is 408 g/mol. The van der Waals surface area contributed by atoms with Crippen molar-refractivity contribution in [2.24, 2.45) is 0 Å². The van der Waals surface area contributed by atoms with Gasteiger partial charge < -0.3 is 9.64 Å². The maximum absolute atomic E-state index is 13.4. The van der Waals surface area contributed by atoms with Crippen LogP contribution in [0.2, 0.25) is 0 Å². The number of ketones is 1. The van der Waals surface area contributed by atoms with Gasteiger partial charge in [0.15, 0.2) is 5.78 Å². The van der Waals surface area contributed by atoms with Crippen LogP contribution in [0.1, 0.15) is 70.8 Å². The van der Waals surface area contributed by atoms with Crippen molar-refractivity contribution < 1.29 is 19.2 Å². The van der Waals surface area contributed by atoms with Crippen LogP contribution in [0, 0.1) is 10.1 Å². The number of nitrogens with zero attached hydrogens (tertiary/aromatic N) is 2. The molecule has 0 N–H and O–H groups in total. The Morgan fingerprint density at radius 1 is 1.12 bits per heavy atom. The molecule has 1 aromatic rings. The first-order valence-corrected chi connectivity index (χ1v) is 11.4. The monoisotopic (exact) mass is 438 g/mol. The van der Waals surface area contributed by atoms with Crippen molar-refractivity contribution in [3.8, 4) is 0 Å². The number of hydrogen-bond donors (Lipinski definition) is 0. The van der Waals surface area contributed by atoms with Crippen molar-refractivity contribution in [2.75, 3.05) is 7.05 Å². The van der Waals surface area contributed by atoms with Crippen molar-refractivity contribution in [2.45, 2.75) is 76.7 Å². The summed E-state index contributed by atoms with van der Waals surface area (Å²) in [5.74, 6) is -0.285. The summed E-state index contributed by atoms with van der Waals surface area (Å²) in [5.41, 5.74) is 2.66. The van der Waals surface area contributed by atoms with E-state index in [1.807, 2.05) is 25.8 Å². The Hall–Kier alpha value is -2.96. The number of esters is 1. The zero-order valence-corrected chi connectivity index (χ0v) is 19.0. The van der Waals surface area contributed by atoms with Crippen LogP contribution in [0.5, 0.6) is 0 Å². The highest BCUT2D eigenvalue weighted by Gasteiger charge is 2.47. The molecule has 0 bridgehead atoms. The summed E-state index contributed by atoms with van der Waals surface area (Å²) in [6.45, 7) is 3.82. The number of ether oxygens (including phenoxy) is 1. The summed E-state index contributed by atoms with van der Waals surface area (Å²) in [6, 6.07) is 6.31. The first-order chi connectivity index (χ1) is 15.2. The van der Waals surface area contributed by atoms with Crippen LogP contribution < -0.4 is 0 Å². The van der Waals surface area contributed by atoms with E-state index in [9.17, 15) is 19.7 Å². The molecule has 1 atom stereocenters. The molecule has 4 rings (SSSR count). The van der Waals surface area contributed by atoms with Gasteiger partial charge in [0.05, 0.1) is 4.92 Å². The number of carbonyl (C=O) groups is 2. The number of carbonyl (C=O) groups excluding carboxylic acids is 2. The van der Waals surface area contributed by atoms with E-state index in [4.69, 9.17) is 4.74 Å². The SMILES string of the molecule is CC1=C(C(=O)OC2CCCCC2)N(C)C2=C(C(=O)CCC2)C1(C)c1ccc([N+](=O)[O-])cc1. The number of non-ortho nitro benzene ring substituents is 1. The van der Waals surface area contributed by atoms with Gasteiger partial charge in [0.25, 0.3) is 5.69 Å². The van der Waals surface area contributed by atoms with Crippen LogP contribution in [-0.2, 0) is 19.7 Å². The number of allylic oxidation sites excluding steroid dienone is 3. The van der Waals surface area contributed by atoms with Crippen molar-refractivity contribution in [1.29, 1.82) is 0 Å². The van der Waals surface area contributed by atoms with Crippen LogP contribution >= 0.6 is 0 Å². The highest BCUT2D eigenvalue weighted by atomic mass is 16.6. The minimum Gasteiger partial charge on any atom is -0.458 e. The van der Waals surface area contributed by atoms with Crippen LogP contribution in [-0.4, -0.2) is 34.7 Å². The Kier molecular flexibility index (Phi) is 5.93. The van der Waals surface area contributed by atoms with E-state index in [0.29, 0.717) is 24.1 Å². The molecule has 0 radical (unpaired) electrons. The molecule has 1 aromatic carbocycles. The Labute approximate surface area is 188 Å². The molecule has 0 amide bonds. The smallest absolute Gasteiger partial charge is 0.355 e. The third-order valence-electron chi connectivity index (χ3n) is 7.41. The van der Waals surface area contributed by atoms with E-state index in [-0.39, 0.29) is 23.5 Å². The molecule has 7 heteroatoms. The predicted molar refractivity (Wildman–Crippen MR) is 120 cm³/mol. The van der Waals surface area contributed by atoms with E-state index < -0.39 is 10.3 Å². The molecule has 1 aliphatic heterocycles. The molecule has 3 aliphatic rings. The van der Waals surface area contributed by atoms with Gasteiger partial charge in [0, 0.05) is 42.3 Å². The van der Waals surface area contributed by atoms with E-state index in [1.54, 1.807) is 12.1 Å². The van der Waals surface area contributed by atoms with Gasteiger partial charge in [-0.2, -0.15) is 0 Å². The minimum atomic E-state index is -0.852. The second-order valence-corrected chi connectivity index (χ2v) is 9.23. The summed E-state index contributed by atoms with van der Waals surface area (Å²) in [5, 5.41) is 11.2. The molecule has 170 valence electrons. The van der Waals surface area contributed by atoms with Gasteiger partial charge in [-0.05, 0) is 63.5 Å². The average Bonchev–Trinajstić information content (AvgIpc) is 2.78. The lowest BCUT2D eigenvalue weighted by Crippen LogP contribution is -2.44. The van der Waals surface area contributed by atoms with Gasteiger partial charge in [-0.15, -0.1) is 0 Å². The normalized spacial score (nSPS) is 24.5. The van der Waals surface area contributed by atoms with Gasteiger partial charge in [0.2, 0.25) is 0 Å². The lowest BCUT2D eigenvalue weighted by atomic mass is 9.64. The van der Waals surface area contributed by atoms with Gasteiger partial charge in [-0.25, -0.2) is 4.79 Å². The van der Waals surface area contributed by atoms with Crippen LogP contribution in [0.3, 0.4) is 0 Å². The Bertz CT molecular complexity index is 1020. The molecule has 7 nitrogen and oxygen atoms in total. The van der Waals surface area contributed by atoms with E-state index in [0.717, 1.165) is 48.9 Å². The largest absolute Gasteiger partial charge is 0.458 e. The van der Waals surface area contributed by atoms with Gasteiger partial charge >= 0.3 is 5.97 Å². The second kappa shape index (κ2) is 8.52. The quantitative estimate of drug-likeness (QED) is 0.375. The fourth-order valence-electron chi connectivity index (χ4n) is 5.50. The third-order valence-corrected chi connectivity index (χ3v) is 7.41. The topological polar surface area (TPSA) is 89.8 Å². The van der Waals surface area contributed by atoms with Crippen molar-refractivity contribution >= 4 is 17.4 Å². The third kappa shape index (κ3) is 3.63. The van der Waals surface area contributed by atoms with Crippen molar-refractivity contribution in [3.63, 3.8) is 0 Å². The molecule has 0 saturated heterocycles. The number of benzene rings is 1. The van der Waals surface area contributed by atoms with Crippen LogP contribution in [0.25, 0.3) is 0 Å². The minimum absolute atomic E-state index is 0.00647. The van der Waals surface area contributed by atoms with Gasteiger partial charge in [0.1, 0.15) is 11.8 Å². The number of rotatable bonds is 4. The summed E-state index contributed by atoms with van der Waals surface area (Å²) in [4.78, 5) is 39.1. The van der Waals surface area contributed by atoms with E-state index in [2.05, 4.69) is 0 Å². The summed E-state index contributed by atoms with van der Waals surface area (Å²) in [6.07, 6.45) is 6.90. The molecule has 0 spiro atoms. The number of Topliss-reactive ketones (excluding diaryl/α,β-unsaturated/α-hetero) is 1. The first kappa shape index (κ1) is 22.2. The highest BCUT2D eigenvalue weighted by Crippen LogP contribution is 2.50. The molecule has 1 fully saturated rings. The average molecular weight is 439 g/mol. The van der Waals surface area contributed by atoms with Crippen LogP contribution in [0.4, 0.5) is 5.69 Å². The summed E-state index contributed by atoms with van der Waals surface area (Å²) >= 11 is 0. The van der Waals surface area contributed by atoms with E-state index in [1.165, 1.54) is 18.6 Å². The number of hydrogen-bond acceptors (Lipinski definition) is 6. The Balaban J connectivity index is 1.81. The number of nitro benzene ring substituents is 1. The molecule has 1 unspecified atom stereocenters. The first-order valence-electron chi connectivity index (χ1n) is 11.4.